The molecule has 0 unspecified atom stereocenters. The number of amides is 1. The molecule has 0 bridgehead atoms. The molecule has 11 heteroatoms. The third-order valence-electron chi connectivity index (χ3n) is 4.67. The number of carboxylic acid groups (broad SMARTS) is 1. The van der Waals surface area contributed by atoms with Crippen LogP contribution in [0.4, 0.5) is 5.69 Å². The molecule has 0 aliphatic rings. The number of aromatic carboxylic acids is 1. The van der Waals surface area contributed by atoms with Crippen molar-refractivity contribution in [3.8, 4) is 11.6 Å². The van der Waals surface area contributed by atoms with Crippen LogP contribution in [0.25, 0.3) is 11.0 Å². The summed E-state index contributed by atoms with van der Waals surface area (Å²) in [6.07, 6.45) is 1.52. The molecule has 4 aromatic rings. The summed E-state index contributed by atoms with van der Waals surface area (Å²) in [5, 5.41) is 12.7. The zero-order valence-corrected chi connectivity index (χ0v) is 20.0. The summed E-state index contributed by atoms with van der Waals surface area (Å²) in [5.74, 6) is -1.14. The second-order valence-electron chi connectivity index (χ2n) is 6.98. The Balaban J connectivity index is 0.00000228. The Morgan fingerprint density at radius 3 is 2.43 bits per heavy atom. The van der Waals surface area contributed by atoms with Crippen LogP contribution >= 0.6 is 23.2 Å². The first-order valence-electron chi connectivity index (χ1n) is 10.0. The Morgan fingerprint density at radius 1 is 0.943 bits per heavy atom. The zero-order chi connectivity index (χ0) is 24.1. The maximum atomic E-state index is 12.5. The van der Waals surface area contributed by atoms with Gasteiger partial charge in [-0.15, -0.1) is 0 Å². The molecule has 1 heterocycles. The van der Waals surface area contributed by atoms with Gasteiger partial charge < -0.3 is 21.3 Å². The minimum Gasteiger partial charge on any atom is -1.00 e. The van der Waals surface area contributed by atoms with Gasteiger partial charge in [0.2, 0.25) is 5.88 Å². The third-order valence-corrected chi connectivity index (χ3v) is 5.22. The number of benzene rings is 3. The first-order valence-corrected chi connectivity index (χ1v) is 10.8. The van der Waals surface area contributed by atoms with Crippen molar-refractivity contribution in [2.45, 2.75) is 0 Å². The summed E-state index contributed by atoms with van der Waals surface area (Å²) in [6.45, 7) is 0.308. The number of carbonyl (C=O) groups is 2. The van der Waals surface area contributed by atoms with E-state index in [0.29, 0.717) is 22.2 Å². The molecule has 0 aliphatic carbocycles. The number of hydrogen-bond donors (Lipinski definition) is 2. The molecule has 0 atom stereocenters. The van der Waals surface area contributed by atoms with Crippen molar-refractivity contribution in [3.05, 3.63) is 88.0 Å². The first kappa shape index (κ1) is 26.3. The van der Waals surface area contributed by atoms with Gasteiger partial charge in [0.25, 0.3) is 5.91 Å². The monoisotopic (exact) mass is 505 g/mol. The average molecular weight is 506 g/mol. The SMILES string of the molecule is O=C(Nc1ccc(OCCOc2cnc3ccccc3n2)cc1C(=O)O)c1ccc(Cl)cc1Cl.[H-].[Li+]. The van der Waals surface area contributed by atoms with Crippen LogP contribution in [0.3, 0.4) is 0 Å². The Kier molecular flexibility index (Phi) is 8.96. The van der Waals surface area contributed by atoms with E-state index in [1.54, 1.807) is 6.07 Å². The third kappa shape index (κ3) is 6.65. The van der Waals surface area contributed by atoms with Crippen LogP contribution in [-0.4, -0.2) is 40.2 Å². The second kappa shape index (κ2) is 11.9. The molecule has 0 saturated heterocycles. The van der Waals surface area contributed by atoms with Gasteiger partial charge >= 0.3 is 24.8 Å². The number of ether oxygens (including phenoxy) is 2. The second-order valence-corrected chi connectivity index (χ2v) is 7.83. The van der Waals surface area contributed by atoms with Gasteiger partial charge in [-0.3, -0.25) is 4.79 Å². The van der Waals surface area contributed by atoms with E-state index in [9.17, 15) is 14.7 Å². The Morgan fingerprint density at radius 2 is 1.69 bits per heavy atom. The zero-order valence-electron chi connectivity index (χ0n) is 19.5. The number of anilines is 1. The summed E-state index contributed by atoms with van der Waals surface area (Å²) in [5.41, 5.74) is 1.59. The molecule has 0 saturated carbocycles. The fourth-order valence-electron chi connectivity index (χ4n) is 3.08. The predicted octanol–water partition coefficient (Wildman–Crippen LogP) is 2.46. The number of aromatic nitrogens is 2. The van der Waals surface area contributed by atoms with Crippen LogP contribution in [-0.2, 0) is 0 Å². The maximum Gasteiger partial charge on any atom is 1.00 e. The fraction of sp³-hybridized carbons (Fsp3) is 0.0833. The number of nitrogens with zero attached hydrogens (tertiary/aromatic N) is 2. The molecule has 0 spiro atoms. The molecule has 0 aliphatic heterocycles. The van der Waals surface area contributed by atoms with Gasteiger partial charge in [-0.2, -0.15) is 0 Å². The summed E-state index contributed by atoms with van der Waals surface area (Å²) in [6, 6.07) is 16.1. The molecule has 2 N–H and O–H groups in total. The van der Waals surface area contributed by atoms with Gasteiger partial charge in [-0.05, 0) is 48.5 Å². The molecule has 174 valence electrons. The van der Waals surface area contributed by atoms with Crippen LogP contribution in [0.2, 0.25) is 10.0 Å². The largest absolute Gasteiger partial charge is 1.00 e. The van der Waals surface area contributed by atoms with Gasteiger partial charge in [-0.25, -0.2) is 14.8 Å². The van der Waals surface area contributed by atoms with Gasteiger partial charge in [-0.1, -0.05) is 35.3 Å². The van der Waals surface area contributed by atoms with Gasteiger partial charge in [0.1, 0.15) is 19.0 Å². The minimum absolute atomic E-state index is 0. The molecule has 4 rings (SSSR count). The molecule has 8 nitrogen and oxygen atoms in total. The molecular weight excluding hydrogens is 488 g/mol. The molecule has 0 fully saturated rings. The van der Waals surface area contributed by atoms with E-state index >= 15 is 0 Å². The number of hydrogen-bond acceptors (Lipinski definition) is 6. The summed E-state index contributed by atoms with van der Waals surface area (Å²) >= 11 is 11.9. The van der Waals surface area contributed by atoms with E-state index in [-0.39, 0.29) is 55.3 Å². The predicted molar refractivity (Wildman–Crippen MR) is 129 cm³/mol. The van der Waals surface area contributed by atoms with Crippen molar-refractivity contribution in [1.29, 1.82) is 0 Å². The van der Waals surface area contributed by atoms with Crippen LogP contribution in [0.15, 0.2) is 66.9 Å². The van der Waals surface area contributed by atoms with Crippen molar-refractivity contribution in [2.75, 3.05) is 18.5 Å². The normalized spacial score (nSPS) is 10.3. The molecule has 0 radical (unpaired) electrons. The number of nitrogens with one attached hydrogen (secondary N) is 1. The standard InChI is InChI=1S/C24H17Cl2N3O5.Li.H/c25-14-5-7-16(18(26)11-14)23(30)29-19-8-6-15(12-17(19)24(31)32)33-9-10-34-22-13-27-20-3-1-2-4-21(20)28-22;;/h1-8,11-13H,9-10H2,(H,29,30)(H,31,32);;/q;+1;-1. The van der Waals surface area contributed by atoms with Crippen molar-refractivity contribution >= 4 is 51.8 Å². The van der Waals surface area contributed by atoms with Crippen LogP contribution in [0.5, 0.6) is 11.6 Å². The van der Waals surface area contributed by atoms with Crippen LogP contribution in [0, 0.1) is 0 Å². The maximum absolute atomic E-state index is 12.5. The average Bonchev–Trinajstić information content (AvgIpc) is 2.82. The molecule has 35 heavy (non-hydrogen) atoms. The van der Waals surface area contributed by atoms with E-state index in [2.05, 4.69) is 15.3 Å². The number of carbonyl (C=O) groups excluding carboxylic acids is 1. The van der Waals surface area contributed by atoms with Crippen LogP contribution < -0.4 is 33.7 Å². The van der Waals surface area contributed by atoms with Gasteiger partial charge in [0.05, 0.1) is 39.1 Å². The molecule has 1 aromatic heterocycles. The van der Waals surface area contributed by atoms with E-state index in [1.807, 2.05) is 24.3 Å². The fourth-order valence-corrected chi connectivity index (χ4v) is 3.57. The number of halogens is 2. The van der Waals surface area contributed by atoms with E-state index in [4.69, 9.17) is 32.7 Å². The summed E-state index contributed by atoms with van der Waals surface area (Å²) < 4.78 is 11.2. The van der Waals surface area contributed by atoms with Crippen molar-refractivity contribution in [3.63, 3.8) is 0 Å². The van der Waals surface area contributed by atoms with Crippen molar-refractivity contribution < 1.29 is 44.5 Å². The van der Waals surface area contributed by atoms with E-state index < -0.39 is 11.9 Å². The number of para-hydroxylation sites is 2. The van der Waals surface area contributed by atoms with Crippen molar-refractivity contribution in [2.24, 2.45) is 0 Å². The summed E-state index contributed by atoms with van der Waals surface area (Å²) in [4.78, 5) is 32.9. The van der Waals surface area contributed by atoms with Gasteiger partial charge in [0.15, 0.2) is 0 Å². The number of fused-ring (bicyclic) bond motifs is 1. The number of rotatable bonds is 8. The quantitative estimate of drug-likeness (QED) is 0.279. The van der Waals surface area contributed by atoms with Crippen molar-refractivity contribution in [1.82, 2.24) is 9.97 Å². The minimum atomic E-state index is -1.23. The van der Waals surface area contributed by atoms with E-state index in [0.717, 1.165) is 5.52 Å². The summed E-state index contributed by atoms with van der Waals surface area (Å²) in [7, 11) is 0. The smallest absolute Gasteiger partial charge is 1.00 e. The number of carboxylic acids is 1. The molecule has 3 aromatic carbocycles. The van der Waals surface area contributed by atoms with Gasteiger partial charge in [0, 0.05) is 5.02 Å². The topological polar surface area (TPSA) is 111 Å². The Labute approximate surface area is 223 Å². The Bertz CT molecular complexity index is 1390. The van der Waals surface area contributed by atoms with E-state index in [1.165, 1.54) is 36.5 Å². The molecular formula is C24H18Cl2LiN3O5. The van der Waals surface area contributed by atoms with Crippen LogP contribution in [0.1, 0.15) is 22.1 Å². The Hall–Kier alpha value is -3.28. The first-order chi connectivity index (χ1) is 16.4. The molecule has 1 amide bonds.